The predicted molar refractivity (Wildman–Crippen MR) is 133 cm³/mol. The lowest BCUT2D eigenvalue weighted by atomic mass is 9.98. The smallest absolute Gasteiger partial charge is 0.361 e. The Bertz CT molecular complexity index is 1150. The lowest BCUT2D eigenvalue weighted by molar-refractivity contribution is -0.162. The molecule has 2 atom stereocenters. The molecule has 1 fully saturated rings. The third kappa shape index (κ3) is 7.25. The zero-order valence-corrected chi connectivity index (χ0v) is 23.2. The Morgan fingerprint density at radius 1 is 1.05 bits per heavy atom. The van der Waals surface area contributed by atoms with Gasteiger partial charge in [0.15, 0.2) is 11.5 Å². The number of imidazole rings is 1. The van der Waals surface area contributed by atoms with Crippen LogP contribution in [0, 0.1) is 16.7 Å². The molecule has 13 nitrogen and oxygen atoms in total. The third-order valence-electron chi connectivity index (χ3n) is 5.87. The van der Waals surface area contributed by atoms with E-state index in [1.54, 1.807) is 52.4 Å². The maximum Gasteiger partial charge on any atom is 0.361 e. The molecule has 0 bridgehead atoms. The van der Waals surface area contributed by atoms with Crippen molar-refractivity contribution in [2.45, 2.75) is 67.0 Å². The van der Waals surface area contributed by atoms with Crippen LogP contribution in [0.4, 0.5) is 5.82 Å². The highest BCUT2D eigenvalue weighted by Crippen LogP contribution is 2.54. The van der Waals surface area contributed by atoms with Crippen LogP contribution in [0.5, 0.6) is 0 Å². The van der Waals surface area contributed by atoms with Crippen LogP contribution >= 0.6 is 7.60 Å². The fraction of sp³-hybridized carbons (Fsp3) is 0.696. The largest absolute Gasteiger partial charge is 0.438 e. The van der Waals surface area contributed by atoms with Gasteiger partial charge in [-0.25, -0.2) is 15.0 Å². The van der Waals surface area contributed by atoms with Gasteiger partial charge in [-0.2, -0.15) is 0 Å². The molecule has 1 aliphatic rings. The van der Waals surface area contributed by atoms with Crippen LogP contribution < -0.4 is 5.73 Å². The van der Waals surface area contributed by atoms with E-state index < -0.39 is 55.9 Å². The predicted octanol–water partition coefficient (Wildman–Crippen LogP) is 3.48. The number of hydrogen-bond acceptors (Lipinski definition) is 12. The van der Waals surface area contributed by atoms with Crippen LogP contribution in [0.15, 0.2) is 12.7 Å². The number of hydrogen-bond donors (Lipinski definition) is 1. The Hall–Kier alpha value is -2.60. The van der Waals surface area contributed by atoms with Gasteiger partial charge in [0.05, 0.1) is 29.3 Å². The van der Waals surface area contributed by atoms with Crippen molar-refractivity contribution >= 4 is 36.5 Å². The van der Waals surface area contributed by atoms with E-state index in [-0.39, 0.29) is 11.7 Å². The van der Waals surface area contributed by atoms with Gasteiger partial charge in [-0.05, 0) is 53.9 Å². The summed E-state index contributed by atoms with van der Waals surface area (Å²) >= 11 is 0. The summed E-state index contributed by atoms with van der Waals surface area (Å²) in [5.41, 5.74) is 4.66. The van der Waals surface area contributed by atoms with E-state index in [4.69, 9.17) is 29.0 Å². The third-order valence-corrected chi connectivity index (χ3v) is 7.31. The molecule has 3 rings (SSSR count). The number of nitrogens with zero attached hydrogens (tertiary/aromatic N) is 4. The molecule has 2 N–H and O–H groups in total. The van der Waals surface area contributed by atoms with Crippen LogP contribution in [0.3, 0.4) is 0 Å². The molecule has 206 valence electrons. The molecule has 1 saturated carbocycles. The maximum absolute atomic E-state index is 13.5. The molecular weight excluding hydrogens is 505 g/mol. The second-order valence-electron chi connectivity index (χ2n) is 11.2. The number of nitrogens with two attached hydrogens (primary N) is 1. The number of anilines is 1. The van der Waals surface area contributed by atoms with Gasteiger partial charge in [0.1, 0.15) is 18.2 Å². The first-order valence-electron chi connectivity index (χ1n) is 11.8. The molecule has 0 saturated heterocycles. The highest BCUT2D eigenvalue weighted by molar-refractivity contribution is 7.53. The van der Waals surface area contributed by atoms with Crippen molar-refractivity contribution in [1.82, 2.24) is 19.5 Å². The van der Waals surface area contributed by atoms with E-state index in [9.17, 15) is 14.2 Å². The molecular formula is C23H36N5O8P. The topological polar surface area (TPSA) is 167 Å². The summed E-state index contributed by atoms with van der Waals surface area (Å²) in [5.74, 6) is -0.696. The Morgan fingerprint density at radius 3 is 2.08 bits per heavy atom. The van der Waals surface area contributed by atoms with E-state index in [1.165, 1.54) is 6.33 Å². The van der Waals surface area contributed by atoms with Gasteiger partial charge in [-0.15, -0.1) is 0 Å². The average Bonchev–Trinajstić information content (AvgIpc) is 3.23. The summed E-state index contributed by atoms with van der Waals surface area (Å²) in [5, 5.41) is 0. The summed E-state index contributed by atoms with van der Waals surface area (Å²) in [6.45, 7) is 11.2. The highest BCUT2D eigenvalue weighted by atomic mass is 31.2. The van der Waals surface area contributed by atoms with Crippen molar-refractivity contribution in [1.29, 1.82) is 0 Å². The molecule has 2 aromatic heterocycles. The van der Waals surface area contributed by atoms with Crippen LogP contribution in [-0.4, -0.2) is 57.0 Å². The molecule has 0 radical (unpaired) electrons. The van der Waals surface area contributed by atoms with Gasteiger partial charge >= 0.3 is 19.5 Å². The number of esters is 2. The summed E-state index contributed by atoms with van der Waals surface area (Å²) in [4.78, 5) is 36.6. The summed E-state index contributed by atoms with van der Waals surface area (Å²) < 4.78 is 42.3. The zero-order valence-electron chi connectivity index (χ0n) is 22.3. The minimum Gasteiger partial charge on any atom is -0.438 e. The maximum atomic E-state index is 13.5. The fourth-order valence-electron chi connectivity index (χ4n) is 3.30. The van der Waals surface area contributed by atoms with Crippen LogP contribution in [0.1, 0.15) is 54.9 Å². The van der Waals surface area contributed by atoms with Gasteiger partial charge in [-0.3, -0.25) is 23.2 Å². The second kappa shape index (κ2) is 10.6. The van der Waals surface area contributed by atoms with Crippen molar-refractivity contribution in [2.24, 2.45) is 16.7 Å². The molecule has 0 amide bonds. The molecule has 14 heteroatoms. The van der Waals surface area contributed by atoms with Crippen LogP contribution in [-0.2, 0) is 44.0 Å². The first-order valence-corrected chi connectivity index (χ1v) is 13.6. The highest BCUT2D eigenvalue weighted by Gasteiger charge is 2.54. The van der Waals surface area contributed by atoms with Gasteiger partial charge in [0.25, 0.3) is 0 Å². The fourth-order valence-corrected chi connectivity index (χ4v) is 4.37. The Labute approximate surface area is 215 Å². The SMILES string of the molecule is CC1CC1(Cn1cnc2c(N)ncnc21)OCP(=O)(OCOC(=O)C(C)(C)C)OCOC(=O)C(C)(C)C. The van der Waals surface area contributed by atoms with E-state index in [2.05, 4.69) is 15.0 Å². The number of ether oxygens (including phenoxy) is 3. The molecule has 0 aliphatic heterocycles. The molecule has 37 heavy (non-hydrogen) atoms. The zero-order chi connectivity index (χ0) is 27.6. The number of carbonyl (C=O) groups is 2. The second-order valence-corrected chi connectivity index (χ2v) is 13.2. The standard InChI is InChI=1S/C23H36N5O8P/c1-15-8-23(15,9-28-11-27-16-17(24)25-10-26-18(16)28)34-14-37(31,35-12-32-19(29)21(2,3)4)36-13-33-20(30)22(5,6)7/h10-11,15H,8-9,12-14H2,1-7H3,(H2,24,25,26). The Morgan fingerprint density at radius 2 is 1.59 bits per heavy atom. The normalized spacial score (nSPS) is 20.1. The average molecular weight is 542 g/mol. The minimum absolute atomic E-state index is 0.120. The lowest BCUT2D eigenvalue weighted by Crippen LogP contribution is -2.27. The quantitative estimate of drug-likeness (QED) is 0.250. The minimum atomic E-state index is -4.01. The van der Waals surface area contributed by atoms with Crippen molar-refractivity contribution in [2.75, 3.05) is 25.7 Å². The van der Waals surface area contributed by atoms with E-state index in [0.29, 0.717) is 24.1 Å². The van der Waals surface area contributed by atoms with Crippen molar-refractivity contribution in [3.8, 4) is 0 Å². The number of fused-ring (bicyclic) bond motifs is 1. The van der Waals surface area contributed by atoms with Gasteiger partial charge < -0.3 is 24.5 Å². The summed E-state index contributed by atoms with van der Waals surface area (Å²) in [6, 6.07) is 0. The number of carbonyl (C=O) groups excluding carboxylic acids is 2. The van der Waals surface area contributed by atoms with Gasteiger partial charge in [0.2, 0.25) is 13.6 Å². The Kier molecular flexibility index (Phi) is 8.33. The summed E-state index contributed by atoms with van der Waals surface area (Å²) in [7, 11) is -4.01. The molecule has 2 unspecified atom stereocenters. The molecule has 0 spiro atoms. The molecule has 1 aliphatic carbocycles. The van der Waals surface area contributed by atoms with Gasteiger partial charge in [0, 0.05) is 0 Å². The molecule has 2 heterocycles. The first kappa shape index (κ1) is 29.0. The number of rotatable bonds is 11. The Balaban J connectivity index is 1.69. The van der Waals surface area contributed by atoms with E-state index in [0.717, 1.165) is 0 Å². The number of nitrogen functional groups attached to an aromatic ring is 1. The van der Waals surface area contributed by atoms with E-state index in [1.807, 2.05) is 6.92 Å². The van der Waals surface area contributed by atoms with Gasteiger partial charge in [-0.1, -0.05) is 6.92 Å². The first-order chi connectivity index (χ1) is 17.1. The van der Waals surface area contributed by atoms with Crippen molar-refractivity contribution in [3.05, 3.63) is 12.7 Å². The monoisotopic (exact) mass is 541 g/mol. The van der Waals surface area contributed by atoms with E-state index >= 15 is 0 Å². The van der Waals surface area contributed by atoms with Crippen molar-refractivity contribution < 1.29 is 37.4 Å². The van der Waals surface area contributed by atoms with Crippen LogP contribution in [0.25, 0.3) is 11.2 Å². The number of aromatic nitrogens is 4. The van der Waals surface area contributed by atoms with Crippen molar-refractivity contribution in [3.63, 3.8) is 0 Å². The molecule has 0 aromatic carbocycles. The van der Waals surface area contributed by atoms with Crippen LogP contribution in [0.2, 0.25) is 0 Å². The summed E-state index contributed by atoms with van der Waals surface area (Å²) in [6.07, 6.45) is 3.16. The molecule has 2 aromatic rings. The lowest BCUT2D eigenvalue weighted by Gasteiger charge is -2.24.